The van der Waals surface area contributed by atoms with Crippen LogP contribution in [0.3, 0.4) is 0 Å². The molecule has 34 heavy (non-hydrogen) atoms. The number of rotatable bonds is 7. The van der Waals surface area contributed by atoms with Gasteiger partial charge in [0.1, 0.15) is 5.56 Å². The van der Waals surface area contributed by atoms with Crippen molar-refractivity contribution in [2.45, 2.75) is 39.8 Å². The first-order chi connectivity index (χ1) is 16.5. The van der Waals surface area contributed by atoms with Gasteiger partial charge in [-0.15, -0.1) is 0 Å². The van der Waals surface area contributed by atoms with Gasteiger partial charge < -0.3 is 5.32 Å². The molecule has 1 aromatic heterocycles. The molecule has 0 fully saturated rings. The Morgan fingerprint density at radius 3 is 2.03 bits per heavy atom. The predicted octanol–water partition coefficient (Wildman–Crippen LogP) is 5.65. The Bertz CT molecular complexity index is 1330. The van der Waals surface area contributed by atoms with E-state index in [2.05, 4.69) is 29.5 Å². The molecule has 5 heteroatoms. The molecule has 1 atom stereocenters. The van der Waals surface area contributed by atoms with E-state index in [1.807, 2.05) is 86.6 Å². The van der Waals surface area contributed by atoms with Crippen LogP contribution in [0.15, 0.2) is 89.7 Å². The van der Waals surface area contributed by atoms with E-state index in [-0.39, 0.29) is 11.6 Å². The Morgan fingerprint density at radius 1 is 0.882 bits per heavy atom. The van der Waals surface area contributed by atoms with Crippen LogP contribution in [-0.2, 0) is 13.0 Å². The standard InChI is InChI=1S/C29H29N3O2/c1-4-21-16-18-22(19-17-21)20(3)30-28(33)26-25(23-12-8-6-9-13-23)27(24-14-10-7-11-15-24)31-32(5-2)29(26)34/h6-20H,4-5H2,1-3H3,(H,30,33). The highest BCUT2D eigenvalue weighted by Crippen LogP contribution is 2.32. The number of hydrogen-bond acceptors (Lipinski definition) is 3. The Morgan fingerprint density at radius 2 is 1.47 bits per heavy atom. The number of carbonyl (C=O) groups is 1. The molecule has 0 spiro atoms. The summed E-state index contributed by atoms with van der Waals surface area (Å²) >= 11 is 0. The first kappa shape index (κ1) is 23.2. The SMILES string of the molecule is CCc1ccc(C(C)NC(=O)c2c(-c3ccccc3)c(-c3ccccc3)nn(CC)c2=O)cc1. The van der Waals surface area contributed by atoms with E-state index in [1.165, 1.54) is 10.2 Å². The fourth-order valence-electron chi connectivity index (χ4n) is 4.07. The Balaban J connectivity index is 1.86. The van der Waals surface area contributed by atoms with Crippen molar-refractivity contribution in [3.05, 3.63) is 112 Å². The Hall–Kier alpha value is -3.99. The second kappa shape index (κ2) is 10.3. The van der Waals surface area contributed by atoms with Gasteiger partial charge in [-0.3, -0.25) is 9.59 Å². The van der Waals surface area contributed by atoms with Crippen molar-refractivity contribution >= 4 is 5.91 Å². The first-order valence-corrected chi connectivity index (χ1v) is 11.7. The van der Waals surface area contributed by atoms with Crippen molar-refractivity contribution in [2.24, 2.45) is 0 Å². The van der Waals surface area contributed by atoms with Crippen LogP contribution in [0.4, 0.5) is 0 Å². The number of amides is 1. The molecule has 4 rings (SSSR count). The summed E-state index contributed by atoms with van der Waals surface area (Å²) in [7, 11) is 0. The lowest BCUT2D eigenvalue weighted by Gasteiger charge is -2.19. The Kier molecular flexibility index (Phi) is 7.02. The quantitative estimate of drug-likeness (QED) is 0.395. The maximum absolute atomic E-state index is 13.7. The smallest absolute Gasteiger partial charge is 0.280 e. The molecule has 1 heterocycles. The molecule has 0 aliphatic heterocycles. The van der Waals surface area contributed by atoms with Crippen LogP contribution >= 0.6 is 0 Å². The number of nitrogens with one attached hydrogen (secondary N) is 1. The van der Waals surface area contributed by atoms with Crippen molar-refractivity contribution in [1.82, 2.24) is 15.1 Å². The average Bonchev–Trinajstić information content (AvgIpc) is 2.89. The maximum Gasteiger partial charge on any atom is 0.280 e. The highest BCUT2D eigenvalue weighted by molar-refractivity contribution is 6.03. The summed E-state index contributed by atoms with van der Waals surface area (Å²) in [6.07, 6.45) is 0.956. The van der Waals surface area contributed by atoms with Crippen LogP contribution < -0.4 is 10.9 Å². The summed E-state index contributed by atoms with van der Waals surface area (Å²) < 4.78 is 1.37. The second-order valence-electron chi connectivity index (χ2n) is 8.24. The maximum atomic E-state index is 13.7. The fraction of sp³-hybridized carbons (Fsp3) is 0.207. The molecule has 1 N–H and O–H groups in total. The predicted molar refractivity (Wildman–Crippen MR) is 137 cm³/mol. The minimum absolute atomic E-state index is 0.110. The molecule has 0 aliphatic rings. The zero-order valence-electron chi connectivity index (χ0n) is 19.8. The molecule has 1 amide bonds. The van der Waals surface area contributed by atoms with Crippen LogP contribution in [-0.4, -0.2) is 15.7 Å². The minimum Gasteiger partial charge on any atom is -0.345 e. The number of carbonyl (C=O) groups excluding carboxylic acids is 1. The summed E-state index contributed by atoms with van der Waals surface area (Å²) in [6, 6.07) is 27.1. The Labute approximate surface area is 200 Å². The summed E-state index contributed by atoms with van der Waals surface area (Å²) in [6.45, 7) is 6.25. The molecule has 1 unspecified atom stereocenters. The molecule has 0 saturated heterocycles. The number of aryl methyl sites for hydroxylation is 2. The molecular weight excluding hydrogens is 422 g/mol. The highest BCUT2D eigenvalue weighted by atomic mass is 16.2. The van der Waals surface area contributed by atoms with E-state index in [4.69, 9.17) is 0 Å². The van der Waals surface area contributed by atoms with Gasteiger partial charge in [0.25, 0.3) is 11.5 Å². The van der Waals surface area contributed by atoms with Gasteiger partial charge in [-0.2, -0.15) is 5.10 Å². The zero-order valence-corrected chi connectivity index (χ0v) is 19.8. The van der Waals surface area contributed by atoms with Crippen molar-refractivity contribution in [3.63, 3.8) is 0 Å². The number of hydrogen-bond donors (Lipinski definition) is 1. The lowest BCUT2D eigenvalue weighted by Crippen LogP contribution is -2.36. The third kappa shape index (κ3) is 4.69. The van der Waals surface area contributed by atoms with Crippen molar-refractivity contribution in [1.29, 1.82) is 0 Å². The molecule has 3 aromatic carbocycles. The van der Waals surface area contributed by atoms with Crippen molar-refractivity contribution < 1.29 is 4.79 Å². The summed E-state index contributed by atoms with van der Waals surface area (Å²) in [5, 5.41) is 7.71. The summed E-state index contributed by atoms with van der Waals surface area (Å²) in [5.74, 6) is -0.405. The van der Waals surface area contributed by atoms with Gasteiger partial charge in [0.2, 0.25) is 0 Å². The van der Waals surface area contributed by atoms with E-state index in [0.29, 0.717) is 17.8 Å². The van der Waals surface area contributed by atoms with Crippen molar-refractivity contribution in [2.75, 3.05) is 0 Å². The third-order valence-corrected chi connectivity index (χ3v) is 6.03. The molecule has 4 aromatic rings. The zero-order chi connectivity index (χ0) is 24.1. The largest absolute Gasteiger partial charge is 0.345 e. The monoisotopic (exact) mass is 451 g/mol. The van der Waals surface area contributed by atoms with Crippen LogP contribution in [0.5, 0.6) is 0 Å². The molecule has 5 nitrogen and oxygen atoms in total. The summed E-state index contributed by atoms with van der Waals surface area (Å²) in [5.41, 5.74) is 4.72. The average molecular weight is 452 g/mol. The number of benzene rings is 3. The van der Waals surface area contributed by atoms with Crippen LogP contribution in [0.1, 0.15) is 48.3 Å². The molecule has 0 bridgehead atoms. The van der Waals surface area contributed by atoms with E-state index >= 15 is 0 Å². The van der Waals surface area contributed by atoms with Crippen LogP contribution in [0.25, 0.3) is 22.4 Å². The van der Waals surface area contributed by atoms with Gasteiger partial charge in [-0.25, -0.2) is 4.68 Å². The molecule has 172 valence electrons. The lowest BCUT2D eigenvalue weighted by molar-refractivity contribution is 0.0938. The molecule has 0 aliphatic carbocycles. The molecule has 0 radical (unpaired) electrons. The van der Waals surface area contributed by atoms with E-state index < -0.39 is 11.5 Å². The molecule has 0 saturated carbocycles. The molecular formula is C29H29N3O2. The van der Waals surface area contributed by atoms with Crippen molar-refractivity contribution in [3.8, 4) is 22.4 Å². The first-order valence-electron chi connectivity index (χ1n) is 11.7. The van der Waals surface area contributed by atoms with E-state index in [9.17, 15) is 9.59 Å². The minimum atomic E-state index is -0.405. The number of aromatic nitrogens is 2. The summed E-state index contributed by atoms with van der Waals surface area (Å²) in [4.78, 5) is 27.1. The van der Waals surface area contributed by atoms with Gasteiger partial charge in [0, 0.05) is 17.7 Å². The topological polar surface area (TPSA) is 64.0 Å². The normalized spacial score (nSPS) is 11.7. The lowest BCUT2D eigenvalue weighted by atomic mass is 9.94. The second-order valence-corrected chi connectivity index (χ2v) is 8.24. The van der Waals surface area contributed by atoms with Gasteiger partial charge in [0.05, 0.1) is 11.7 Å². The fourth-order valence-corrected chi connectivity index (χ4v) is 4.07. The van der Waals surface area contributed by atoms with E-state index in [1.54, 1.807) is 0 Å². The van der Waals surface area contributed by atoms with Gasteiger partial charge in [-0.1, -0.05) is 91.9 Å². The highest BCUT2D eigenvalue weighted by Gasteiger charge is 2.25. The van der Waals surface area contributed by atoms with Gasteiger partial charge in [-0.05, 0) is 37.0 Å². The van der Waals surface area contributed by atoms with Crippen LogP contribution in [0, 0.1) is 0 Å². The number of nitrogens with zero attached hydrogens (tertiary/aromatic N) is 2. The third-order valence-electron chi connectivity index (χ3n) is 6.03. The van der Waals surface area contributed by atoms with E-state index in [0.717, 1.165) is 23.1 Å². The van der Waals surface area contributed by atoms with Gasteiger partial charge in [0.15, 0.2) is 0 Å². The van der Waals surface area contributed by atoms with Crippen LogP contribution in [0.2, 0.25) is 0 Å². The van der Waals surface area contributed by atoms with Gasteiger partial charge >= 0.3 is 0 Å².